The van der Waals surface area contributed by atoms with Crippen LogP contribution >= 0.6 is 24.0 Å². The van der Waals surface area contributed by atoms with Crippen LogP contribution in [0, 0.1) is 11.8 Å². The Morgan fingerprint density at radius 2 is 1.81 bits per heavy atom. The quantitative estimate of drug-likeness (QED) is 0.397. The lowest BCUT2D eigenvalue weighted by molar-refractivity contribution is 0.250. The van der Waals surface area contributed by atoms with Crippen LogP contribution in [0.1, 0.15) is 39.5 Å². The van der Waals surface area contributed by atoms with Crippen molar-refractivity contribution in [3.05, 3.63) is 0 Å². The number of hydrogen-bond donors (Lipinski definition) is 2. The highest BCUT2D eigenvalue weighted by Crippen LogP contribution is 2.29. The Bertz CT molecular complexity index is 416. The third kappa shape index (κ3) is 8.85. The average molecular weight is 431 g/mol. The normalized spacial score (nSPS) is 23.6. The van der Waals surface area contributed by atoms with Gasteiger partial charge in [-0.2, -0.15) is 0 Å². The van der Waals surface area contributed by atoms with E-state index >= 15 is 0 Å². The van der Waals surface area contributed by atoms with E-state index in [0.717, 1.165) is 24.7 Å². The first-order chi connectivity index (χ1) is 9.31. The first-order valence-corrected chi connectivity index (χ1v) is 9.52. The molecule has 126 valence electrons. The van der Waals surface area contributed by atoms with Crippen molar-refractivity contribution in [2.45, 2.75) is 45.6 Å². The molecule has 5 nitrogen and oxygen atoms in total. The van der Waals surface area contributed by atoms with Crippen LogP contribution in [0.2, 0.25) is 0 Å². The zero-order valence-corrected chi connectivity index (χ0v) is 16.7. The molecule has 21 heavy (non-hydrogen) atoms. The van der Waals surface area contributed by atoms with Gasteiger partial charge in [-0.05, 0) is 37.5 Å². The predicted molar refractivity (Wildman–Crippen MR) is 100 cm³/mol. The van der Waals surface area contributed by atoms with Gasteiger partial charge in [0.1, 0.15) is 9.84 Å². The van der Waals surface area contributed by atoms with Gasteiger partial charge in [0.25, 0.3) is 0 Å². The molecule has 0 radical (unpaired) electrons. The van der Waals surface area contributed by atoms with Crippen molar-refractivity contribution in [1.82, 2.24) is 10.6 Å². The van der Waals surface area contributed by atoms with E-state index in [-0.39, 0.29) is 29.7 Å². The molecule has 0 aromatic heterocycles. The lowest BCUT2D eigenvalue weighted by Gasteiger charge is -2.32. The molecule has 1 aliphatic carbocycles. The maximum Gasteiger partial charge on any atom is 0.191 e. The van der Waals surface area contributed by atoms with Gasteiger partial charge >= 0.3 is 0 Å². The summed E-state index contributed by atoms with van der Waals surface area (Å²) in [5.74, 6) is 2.45. The summed E-state index contributed by atoms with van der Waals surface area (Å²) in [5.41, 5.74) is 0. The third-order valence-corrected chi connectivity index (χ3v) is 4.99. The summed E-state index contributed by atoms with van der Waals surface area (Å²) in [6.07, 6.45) is 6.09. The Morgan fingerprint density at radius 3 is 2.24 bits per heavy atom. The van der Waals surface area contributed by atoms with Crippen molar-refractivity contribution in [1.29, 1.82) is 0 Å². The SMILES string of the molecule is CN=C(NCCS(C)(=O)=O)NC1CCC(C(C)C)CC1.I. The second kappa shape index (κ2) is 9.86. The highest BCUT2D eigenvalue weighted by molar-refractivity contribution is 14.0. The van der Waals surface area contributed by atoms with E-state index in [0.29, 0.717) is 18.5 Å². The smallest absolute Gasteiger partial charge is 0.191 e. The van der Waals surface area contributed by atoms with Gasteiger partial charge in [-0.1, -0.05) is 13.8 Å². The standard InChI is InChI=1S/C14H29N3O2S.HI/c1-11(2)12-5-7-13(8-6-12)17-14(15-3)16-9-10-20(4,18)19;/h11-13H,5-10H2,1-4H3,(H2,15,16,17);1H. The van der Waals surface area contributed by atoms with Crippen LogP contribution in [-0.2, 0) is 9.84 Å². The van der Waals surface area contributed by atoms with E-state index in [1.807, 2.05) is 0 Å². The Morgan fingerprint density at radius 1 is 1.24 bits per heavy atom. The molecule has 2 N–H and O–H groups in total. The van der Waals surface area contributed by atoms with Crippen molar-refractivity contribution in [3.63, 3.8) is 0 Å². The molecule has 1 aliphatic rings. The van der Waals surface area contributed by atoms with Gasteiger partial charge in [0, 0.05) is 25.9 Å². The molecule has 0 bridgehead atoms. The molecule has 1 saturated carbocycles. The fourth-order valence-electron chi connectivity index (χ4n) is 2.67. The fourth-order valence-corrected chi connectivity index (χ4v) is 3.15. The summed E-state index contributed by atoms with van der Waals surface area (Å²) in [7, 11) is -1.21. The zero-order chi connectivity index (χ0) is 15.2. The molecule has 0 spiro atoms. The zero-order valence-electron chi connectivity index (χ0n) is 13.6. The monoisotopic (exact) mass is 431 g/mol. The molecule has 0 saturated heterocycles. The van der Waals surface area contributed by atoms with Gasteiger partial charge in [0.2, 0.25) is 0 Å². The highest BCUT2D eigenvalue weighted by Gasteiger charge is 2.23. The van der Waals surface area contributed by atoms with Gasteiger partial charge in [-0.3, -0.25) is 4.99 Å². The molecule has 1 rings (SSSR count). The maximum absolute atomic E-state index is 11.1. The minimum absolute atomic E-state index is 0. The molecule has 0 aliphatic heterocycles. The number of halogens is 1. The van der Waals surface area contributed by atoms with Gasteiger partial charge in [0.15, 0.2) is 5.96 Å². The van der Waals surface area contributed by atoms with Crippen molar-refractivity contribution in [2.75, 3.05) is 25.6 Å². The van der Waals surface area contributed by atoms with Crippen LogP contribution in [0.5, 0.6) is 0 Å². The molecule has 1 fully saturated rings. The second-order valence-electron chi connectivity index (χ2n) is 6.13. The summed E-state index contributed by atoms with van der Waals surface area (Å²) in [5, 5.41) is 6.46. The van der Waals surface area contributed by atoms with Gasteiger partial charge < -0.3 is 10.6 Å². The minimum atomic E-state index is -2.92. The van der Waals surface area contributed by atoms with Crippen LogP contribution in [0.25, 0.3) is 0 Å². The van der Waals surface area contributed by atoms with Crippen molar-refractivity contribution in [3.8, 4) is 0 Å². The Hall–Kier alpha value is -0.0500. The summed E-state index contributed by atoms with van der Waals surface area (Å²) >= 11 is 0. The van der Waals surface area contributed by atoms with E-state index in [1.54, 1.807) is 7.05 Å². The third-order valence-electron chi connectivity index (χ3n) is 4.04. The van der Waals surface area contributed by atoms with E-state index in [2.05, 4.69) is 29.5 Å². The predicted octanol–water partition coefficient (Wildman–Crippen LogP) is 2.03. The number of hydrogen-bond acceptors (Lipinski definition) is 3. The number of nitrogens with one attached hydrogen (secondary N) is 2. The summed E-state index contributed by atoms with van der Waals surface area (Å²) < 4.78 is 22.2. The van der Waals surface area contributed by atoms with E-state index in [9.17, 15) is 8.42 Å². The molecule has 0 unspecified atom stereocenters. The highest BCUT2D eigenvalue weighted by atomic mass is 127. The first-order valence-electron chi connectivity index (χ1n) is 7.46. The number of nitrogens with zero attached hydrogens (tertiary/aromatic N) is 1. The van der Waals surface area contributed by atoms with Crippen LogP contribution in [0.4, 0.5) is 0 Å². The van der Waals surface area contributed by atoms with Crippen LogP contribution in [0.3, 0.4) is 0 Å². The largest absolute Gasteiger partial charge is 0.355 e. The average Bonchev–Trinajstić information content (AvgIpc) is 2.36. The van der Waals surface area contributed by atoms with Crippen LogP contribution in [0.15, 0.2) is 4.99 Å². The van der Waals surface area contributed by atoms with Crippen molar-refractivity contribution < 1.29 is 8.42 Å². The van der Waals surface area contributed by atoms with E-state index in [1.165, 1.54) is 19.1 Å². The Balaban J connectivity index is 0.00000400. The summed E-state index contributed by atoms with van der Waals surface area (Å²) in [4.78, 5) is 4.16. The van der Waals surface area contributed by atoms with Gasteiger partial charge in [-0.15, -0.1) is 24.0 Å². The Labute approximate surface area is 146 Å². The molecular formula is C14H30IN3O2S. The summed E-state index contributed by atoms with van der Waals surface area (Å²) in [6.45, 7) is 4.99. The number of aliphatic imine (C=N–C) groups is 1. The van der Waals surface area contributed by atoms with Crippen molar-refractivity contribution >= 4 is 39.8 Å². The summed E-state index contributed by atoms with van der Waals surface area (Å²) in [6, 6.07) is 0.453. The van der Waals surface area contributed by atoms with E-state index in [4.69, 9.17) is 0 Å². The van der Waals surface area contributed by atoms with E-state index < -0.39 is 9.84 Å². The topological polar surface area (TPSA) is 70.6 Å². The second-order valence-corrected chi connectivity index (χ2v) is 8.39. The molecule has 7 heteroatoms. The molecule has 0 heterocycles. The number of sulfone groups is 1. The van der Waals surface area contributed by atoms with Crippen LogP contribution in [-0.4, -0.2) is 46.0 Å². The van der Waals surface area contributed by atoms with Crippen molar-refractivity contribution in [2.24, 2.45) is 16.8 Å². The first kappa shape index (κ1) is 20.9. The molecule has 0 amide bonds. The Kier molecular flexibility index (Phi) is 9.84. The van der Waals surface area contributed by atoms with Gasteiger partial charge in [-0.25, -0.2) is 8.42 Å². The maximum atomic E-state index is 11.1. The molecular weight excluding hydrogens is 401 g/mol. The van der Waals surface area contributed by atoms with Crippen LogP contribution < -0.4 is 10.6 Å². The molecule has 0 atom stereocenters. The number of guanidine groups is 1. The minimum Gasteiger partial charge on any atom is -0.355 e. The fraction of sp³-hybridized carbons (Fsp3) is 0.929. The number of rotatable bonds is 5. The molecule has 0 aromatic carbocycles. The lowest BCUT2D eigenvalue weighted by atomic mass is 9.80. The lowest BCUT2D eigenvalue weighted by Crippen LogP contribution is -2.46. The molecule has 0 aromatic rings. The van der Waals surface area contributed by atoms with Gasteiger partial charge in [0.05, 0.1) is 5.75 Å².